The number of rotatable bonds is 2. The van der Waals surface area contributed by atoms with Crippen LogP contribution in [-0.4, -0.2) is 58.6 Å². The van der Waals surface area contributed by atoms with Gasteiger partial charge in [0.2, 0.25) is 0 Å². The topological polar surface area (TPSA) is 105 Å². The fourth-order valence-corrected chi connectivity index (χ4v) is 3.07. The van der Waals surface area contributed by atoms with Crippen molar-refractivity contribution in [3.05, 3.63) is 40.5 Å². The lowest BCUT2D eigenvalue weighted by atomic mass is 10.0. The summed E-state index contributed by atoms with van der Waals surface area (Å²) >= 11 is 3.34. The summed E-state index contributed by atoms with van der Waals surface area (Å²) < 4.78 is 2.39. The highest BCUT2D eigenvalue weighted by molar-refractivity contribution is 9.10. The highest BCUT2D eigenvalue weighted by Gasteiger charge is 2.28. The van der Waals surface area contributed by atoms with Gasteiger partial charge in [0.1, 0.15) is 0 Å². The number of carbonyl (C=O) groups is 1. The van der Waals surface area contributed by atoms with E-state index in [1.165, 1.54) is 0 Å². The van der Waals surface area contributed by atoms with Crippen molar-refractivity contribution in [1.29, 1.82) is 0 Å². The van der Waals surface area contributed by atoms with Gasteiger partial charge in [0.15, 0.2) is 17.2 Å². The molecule has 9 nitrogen and oxygen atoms in total. The van der Waals surface area contributed by atoms with E-state index < -0.39 is 0 Å². The molecule has 0 aromatic carbocycles. The van der Waals surface area contributed by atoms with Crippen LogP contribution in [0.4, 0.5) is 0 Å². The standard InChI is InChI=1S/C14H13BrN8O/c1-8-4-9(13-17-20-21-18-13)2-3-22(8)14(24)11-5-12-16-6-10(15)7-23(12)19-11/h2,5-8H,3-4H2,1H3,(H,17,18,20,21). The molecule has 0 radical (unpaired) electrons. The van der Waals surface area contributed by atoms with E-state index in [1.54, 1.807) is 27.9 Å². The summed E-state index contributed by atoms with van der Waals surface area (Å²) in [7, 11) is 0. The Balaban J connectivity index is 1.59. The minimum atomic E-state index is -0.116. The number of nitrogens with zero attached hydrogens (tertiary/aromatic N) is 7. The molecule has 10 heteroatoms. The second-order valence-electron chi connectivity index (χ2n) is 5.59. The quantitative estimate of drug-likeness (QED) is 0.709. The van der Waals surface area contributed by atoms with Crippen LogP contribution in [0.1, 0.15) is 29.7 Å². The second kappa shape index (κ2) is 5.78. The van der Waals surface area contributed by atoms with Crippen LogP contribution in [0.2, 0.25) is 0 Å². The van der Waals surface area contributed by atoms with Crippen LogP contribution in [0.25, 0.3) is 11.2 Å². The van der Waals surface area contributed by atoms with Gasteiger partial charge in [-0.25, -0.2) is 14.6 Å². The summed E-state index contributed by atoms with van der Waals surface area (Å²) in [5, 5.41) is 18.2. The number of hydrogen-bond acceptors (Lipinski definition) is 6. The molecule has 1 amide bonds. The first-order valence-electron chi connectivity index (χ1n) is 7.37. The molecular formula is C14H13BrN8O. The largest absolute Gasteiger partial charge is 0.330 e. The fraction of sp³-hybridized carbons (Fsp3) is 0.286. The third-order valence-corrected chi connectivity index (χ3v) is 4.40. The summed E-state index contributed by atoms with van der Waals surface area (Å²) in [6.45, 7) is 2.49. The average Bonchev–Trinajstić information content (AvgIpc) is 3.23. The van der Waals surface area contributed by atoms with Crippen molar-refractivity contribution in [2.24, 2.45) is 0 Å². The minimum Gasteiger partial charge on any atom is -0.330 e. The number of amides is 1. The molecule has 4 heterocycles. The predicted octanol–water partition coefficient (Wildman–Crippen LogP) is 1.32. The number of aromatic nitrogens is 7. The Morgan fingerprint density at radius 2 is 2.33 bits per heavy atom. The Labute approximate surface area is 144 Å². The first-order chi connectivity index (χ1) is 11.6. The molecule has 3 aromatic rings. The van der Waals surface area contributed by atoms with Gasteiger partial charge in [-0.3, -0.25) is 4.79 Å². The van der Waals surface area contributed by atoms with E-state index in [1.807, 2.05) is 13.0 Å². The van der Waals surface area contributed by atoms with Crippen molar-refractivity contribution in [2.75, 3.05) is 6.54 Å². The number of aromatic amines is 1. The first kappa shape index (κ1) is 14.9. The van der Waals surface area contributed by atoms with Gasteiger partial charge in [-0.2, -0.15) is 5.10 Å². The molecule has 1 aliphatic rings. The Kier molecular flexibility index (Phi) is 3.60. The summed E-state index contributed by atoms with van der Waals surface area (Å²) in [6, 6.07) is 1.72. The summed E-state index contributed by atoms with van der Waals surface area (Å²) in [5.74, 6) is 0.533. The average molecular weight is 389 g/mol. The Morgan fingerprint density at radius 3 is 3.08 bits per heavy atom. The van der Waals surface area contributed by atoms with Crippen molar-refractivity contribution in [3.8, 4) is 0 Å². The van der Waals surface area contributed by atoms with Gasteiger partial charge in [-0.15, -0.1) is 5.10 Å². The van der Waals surface area contributed by atoms with Crippen LogP contribution in [0.3, 0.4) is 0 Å². The van der Waals surface area contributed by atoms with Crippen molar-refractivity contribution in [3.63, 3.8) is 0 Å². The maximum atomic E-state index is 12.8. The minimum absolute atomic E-state index is 0.0205. The predicted molar refractivity (Wildman–Crippen MR) is 88.0 cm³/mol. The molecule has 24 heavy (non-hydrogen) atoms. The Morgan fingerprint density at radius 1 is 1.46 bits per heavy atom. The molecule has 1 atom stereocenters. The number of nitrogens with one attached hydrogen (secondary N) is 1. The lowest BCUT2D eigenvalue weighted by Gasteiger charge is -2.31. The zero-order valence-electron chi connectivity index (χ0n) is 12.7. The fourth-order valence-electron chi connectivity index (χ4n) is 2.78. The Bertz CT molecular complexity index is 932. The summed E-state index contributed by atoms with van der Waals surface area (Å²) in [6.07, 6.45) is 6.09. The van der Waals surface area contributed by atoms with Crippen molar-refractivity contribution >= 4 is 33.1 Å². The number of fused-ring (bicyclic) bond motifs is 1. The third kappa shape index (κ3) is 2.58. The Hall–Kier alpha value is -2.62. The maximum Gasteiger partial charge on any atom is 0.274 e. The number of carbonyl (C=O) groups excluding carboxylic acids is 1. The molecule has 0 saturated heterocycles. The van der Waals surface area contributed by atoms with Gasteiger partial charge in [-0.1, -0.05) is 6.08 Å². The normalized spacial score (nSPS) is 18.0. The van der Waals surface area contributed by atoms with Gasteiger partial charge < -0.3 is 4.90 Å². The molecule has 0 saturated carbocycles. The van der Waals surface area contributed by atoms with E-state index in [2.05, 4.69) is 46.6 Å². The van der Waals surface area contributed by atoms with Crippen LogP contribution >= 0.6 is 15.9 Å². The molecule has 122 valence electrons. The molecule has 0 aliphatic carbocycles. The smallest absolute Gasteiger partial charge is 0.274 e. The lowest BCUT2D eigenvalue weighted by Crippen LogP contribution is -2.41. The monoisotopic (exact) mass is 388 g/mol. The van der Waals surface area contributed by atoms with Crippen molar-refractivity contribution in [2.45, 2.75) is 19.4 Å². The van der Waals surface area contributed by atoms with Crippen LogP contribution in [0, 0.1) is 0 Å². The number of hydrogen-bond donors (Lipinski definition) is 1. The van der Waals surface area contributed by atoms with E-state index in [0.717, 1.165) is 10.0 Å². The summed E-state index contributed by atoms with van der Waals surface area (Å²) in [4.78, 5) is 18.8. The molecule has 4 rings (SSSR count). The van der Waals surface area contributed by atoms with E-state index in [4.69, 9.17) is 0 Å². The zero-order chi connectivity index (χ0) is 16.7. The van der Waals surface area contributed by atoms with Gasteiger partial charge in [0, 0.05) is 31.0 Å². The van der Waals surface area contributed by atoms with Crippen LogP contribution in [-0.2, 0) is 0 Å². The van der Waals surface area contributed by atoms with Crippen molar-refractivity contribution < 1.29 is 4.79 Å². The van der Waals surface area contributed by atoms with Crippen molar-refractivity contribution in [1.82, 2.24) is 40.1 Å². The third-order valence-electron chi connectivity index (χ3n) is 3.99. The van der Waals surface area contributed by atoms with E-state index >= 15 is 0 Å². The van der Waals surface area contributed by atoms with E-state index in [9.17, 15) is 4.79 Å². The van der Waals surface area contributed by atoms with Crippen LogP contribution in [0.5, 0.6) is 0 Å². The molecular weight excluding hydrogens is 376 g/mol. The summed E-state index contributed by atoms with van der Waals surface area (Å²) in [5.41, 5.74) is 2.03. The highest BCUT2D eigenvalue weighted by Crippen LogP contribution is 2.24. The first-order valence-corrected chi connectivity index (χ1v) is 8.16. The van der Waals surface area contributed by atoms with Crippen LogP contribution in [0.15, 0.2) is 29.0 Å². The van der Waals surface area contributed by atoms with Crippen LogP contribution < -0.4 is 0 Å². The molecule has 3 aromatic heterocycles. The van der Waals surface area contributed by atoms with Gasteiger partial charge in [-0.05, 0) is 45.3 Å². The van der Waals surface area contributed by atoms with Gasteiger partial charge in [0.25, 0.3) is 5.91 Å². The molecule has 0 bridgehead atoms. The zero-order valence-corrected chi connectivity index (χ0v) is 14.3. The molecule has 0 fully saturated rings. The number of tetrazole rings is 1. The molecule has 1 N–H and O–H groups in total. The van der Waals surface area contributed by atoms with Gasteiger partial charge in [0.05, 0.1) is 4.47 Å². The highest BCUT2D eigenvalue weighted by atomic mass is 79.9. The number of halogens is 1. The molecule has 0 spiro atoms. The SMILES string of the molecule is CC1CC(c2nnn[nH]2)=CCN1C(=O)c1cc2ncc(Br)cn2n1. The van der Waals surface area contributed by atoms with E-state index in [0.29, 0.717) is 30.1 Å². The second-order valence-corrected chi connectivity index (χ2v) is 6.51. The van der Waals surface area contributed by atoms with Gasteiger partial charge >= 0.3 is 0 Å². The molecule has 1 aliphatic heterocycles. The number of H-pyrrole nitrogens is 1. The lowest BCUT2D eigenvalue weighted by molar-refractivity contribution is 0.0705. The molecule has 1 unspecified atom stereocenters. The maximum absolute atomic E-state index is 12.8. The van der Waals surface area contributed by atoms with E-state index in [-0.39, 0.29) is 11.9 Å².